The Hall–Kier alpha value is -0.825. The highest BCUT2D eigenvalue weighted by molar-refractivity contribution is 7.22. The van der Waals surface area contributed by atoms with Crippen molar-refractivity contribution in [2.45, 2.75) is 45.8 Å². The van der Waals surface area contributed by atoms with Crippen molar-refractivity contribution >= 4 is 23.2 Å². The van der Waals surface area contributed by atoms with Crippen molar-refractivity contribution in [3.05, 3.63) is 16.5 Å². The first-order chi connectivity index (χ1) is 7.77. The van der Waals surface area contributed by atoms with Gasteiger partial charge in [0, 0.05) is 9.65 Å². The van der Waals surface area contributed by atoms with Crippen LogP contribution in [0.2, 0.25) is 0 Å². The van der Waals surface area contributed by atoms with E-state index in [1.165, 1.54) is 0 Å². The van der Waals surface area contributed by atoms with Gasteiger partial charge in [-0.2, -0.15) is 5.26 Å². The lowest BCUT2D eigenvalue weighted by Gasteiger charge is -2.32. The van der Waals surface area contributed by atoms with Gasteiger partial charge in [0.25, 0.3) is 0 Å². The Morgan fingerprint density at radius 3 is 2.18 bits per heavy atom. The summed E-state index contributed by atoms with van der Waals surface area (Å²) in [6, 6.07) is 4.04. The van der Waals surface area contributed by atoms with E-state index < -0.39 is 0 Å². The van der Waals surface area contributed by atoms with Crippen LogP contribution in [0.5, 0.6) is 0 Å². The van der Waals surface area contributed by atoms with E-state index in [2.05, 4.69) is 6.07 Å². The number of thiophene rings is 1. The molecule has 1 saturated heterocycles. The molecule has 0 spiro atoms. The summed E-state index contributed by atoms with van der Waals surface area (Å²) in [7, 11) is -0.356. The molecule has 1 fully saturated rings. The van der Waals surface area contributed by atoms with Gasteiger partial charge in [-0.25, -0.2) is 0 Å². The van der Waals surface area contributed by atoms with Gasteiger partial charge in [0.1, 0.15) is 6.07 Å². The quantitative estimate of drug-likeness (QED) is 0.717. The fourth-order valence-corrected chi connectivity index (χ4v) is 2.63. The van der Waals surface area contributed by atoms with Crippen molar-refractivity contribution in [2.24, 2.45) is 0 Å². The van der Waals surface area contributed by atoms with E-state index in [-0.39, 0.29) is 18.3 Å². The molecule has 90 valence electrons. The third kappa shape index (κ3) is 2.01. The second-order valence-corrected chi connectivity index (χ2v) is 6.61. The number of nitrogens with zero attached hydrogens (tertiary/aromatic N) is 1. The van der Waals surface area contributed by atoms with Crippen molar-refractivity contribution in [3.63, 3.8) is 0 Å². The predicted octanol–water partition coefficient (Wildman–Crippen LogP) is 2.23. The van der Waals surface area contributed by atoms with Crippen molar-refractivity contribution in [3.8, 4) is 6.07 Å². The summed E-state index contributed by atoms with van der Waals surface area (Å²) in [5.74, 6) is 0. The van der Waals surface area contributed by atoms with Gasteiger partial charge >= 0.3 is 7.12 Å². The van der Waals surface area contributed by atoms with Crippen LogP contribution >= 0.6 is 11.3 Å². The zero-order chi connectivity index (χ0) is 12.8. The molecule has 1 aliphatic rings. The Morgan fingerprint density at radius 2 is 1.76 bits per heavy atom. The molecule has 0 radical (unpaired) electrons. The lowest BCUT2D eigenvalue weighted by Crippen LogP contribution is -2.41. The Bertz CT molecular complexity index is 471. The summed E-state index contributed by atoms with van der Waals surface area (Å²) >= 11 is 1.57. The molecule has 0 atom stereocenters. The van der Waals surface area contributed by atoms with E-state index in [0.29, 0.717) is 5.56 Å². The number of hydrogen-bond donors (Lipinski definition) is 0. The molecular weight excluding hydrogens is 233 g/mol. The van der Waals surface area contributed by atoms with Crippen molar-refractivity contribution in [1.29, 1.82) is 5.26 Å². The Kier molecular flexibility index (Phi) is 2.85. The van der Waals surface area contributed by atoms with E-state index in [9.17, 15) is 0 Å². The Morgan fingerprint density at radius 1 is 1.24 bits per heavy atom. The molecular formula is C12H16BNO2S. The van der Waals surface area contributed by atoms with E-state index in [1.807, 2.05) is 40.7 Å². The average Bonchev–Trinajstić information content (AvgIpc) is 2.66. The smallest absolute Gasteiger partial charge is 0.399 e. The van der Waals surface area contributed by atoms with Crippen LogP contribution in [0.15, 0.2) is 6.07 Å². The minimum atomic E-state index is -0.356. The minimum Gasteiger partial charge on any atom is -0.399 e. The summed E-state index contributed by atoms with van der Waals surface area (Å²) in [4.78, 5) is 1.01. The first-order valence-corrected chi connectivity index (χ1v) is 6.44. The number of aryl methyl sites for hydroxylation is 1. The standard InChI is InChI=1S/C12H16BNO2S/c1-8-9(7-14)6-10(17-8)13-15-11(2,3)12(4,5)16-13/h6H,1-5H3. The number of nitriles is 1. The van der Waals surface area contributed by atoms with Crippen molar-refractivity contribution in [2.75, 3.05) is 0 Å². The monoisotopic (exact) mass is 249 g/mol. The Labute approximate surface area is 106 Å². The zero-order valence-corrected chi connectivity index (χ0v) is 11.6. The molecule has 1 aromatic heterocycles. The molecule has 1 aliphatic heterocycles. The maximum Gasteiger partial charge on any atom is 0.505 e. The van der Waals surface area contributed by atoms with Crippen LogP contribution in [0.25, 0.3) is 0 Å². The van der Waals surface area contributed by atoms with E-state index in [4.69, 9.17) is 14.6 Å². The average molecular weight is 249 g/mol. The molecule has 1 aromatic rings. The van der Waals surface area contributed by atoms with Gasteiger partial charge < -0.3 is 9.31 Å². The second kappa shape index (κ2) is 3.84. The summed E-state index contributed by atoms with van der Waals surface area (Å²) in [6.45, 7) is 10.0. The molecule has 2 rings (SSSR count). The van der Waals surface area contributed by atoms with Crippen LogP contribution in [0.1, 0.15) is 38.1 Å². The van der Waals surface area contributed by atoms with Gasteiger partial charge in [0.2, 0.25) is 0 Å². The van der Waals surface area contributed by atoms with Gasteiger partial charge in [-0.1, -0.05) is 0 Å². The summed E-state index contributed by atoms with van der Waals surface area (Å²) < 4.78 is 12.9. The first-order valence-electron chi connectivity index (χ1n) is 5.63. The van der Waals surface area contributed by atoms with E-state index in [1.54, 1.807) is 11.3 Å². The molecule has 0 amide bonds. The normalized spacial score (nSPS) is 21.5. The number of rotatable bonds is 1. The highest BCUT2D eigenvalue weighted by atomic mass is 32.1. The van der Waals surface area contributed by atoms with Crippen LogP contribution in [-0.2, 0) is 9.31 Å². The molecule has 0 bridgehead atoms. The lowest BCUT2D eigenvalue weighted by atomic mass is 9.87. The van der Waals surface area contributed by atoms with Gasteiger partial charge in [-0.15, -0.1) is 11.3 Å². The van der Waals surface area contributed by atoms with E-state index >= 15 is 0 Å². The lowest BCUT2D eigenvalue weighted by molar-refractivity contribution is 0.00578. The number of hydrogen-bond acceptors (Lipinski definition) is 4. The largest absolute Gasteiger partial charge is 0.505 e. The van der Waals surface area contributed by atoms with E-state index in [0.717, 1.165) is 9.65 Å². The van der Waals surface area contributed by atoms with Crippen LogP contribution in [0, 0.1) is 18.3 Å². The van der Waals surface area contributed by atoms with Gasteiger partial charge in [0.05, 0.1) is 16.8 Å². The van der Waals surface area contributed by atoms with Crippen LogP contribution < -0.4 is 4.78 Å². The molecule has 0 aromatic carbocycles. The molecule has 5 heteroatoms. The third-order valence-corrected chi connectivity index (χ3v) is 4.61. The highest BCUT2D eigenvalue weighted by Crippen LogP contribution is 2.37. The van der Waals surface area contributed by atoms with Crippen LogP contribution in [0.3, 0.4) is 0 Å². The van der Waals surface area contributed by atoms with Crippen LogP contribution in [-0.4, -0.2) is 18.3 Å². The van der Waals surface area contributed by atoms with Crippen LogP contribution in [0.4, 0.5) is 0 Å². The molecule has 2 heterocycles. The topological polar surface area (TPSA) is 42.2 Å². The molecule has 0 saturated carbocycles. The fraction of sp³-hybridized carbons (Fsp3) is 0.583. The molecule has 0 aliphatic carbocycles. The van der Waals surface area contributed by atoms with Gasteiger partial charge in [-0.05, 0) is 40.7 Å². The first kappa shape index (κ1) is 12.6. The molecule has 3 nitrogen and oxygen atoms in total. The highest BCUT2D eigenvalue weighted by Gasteiger charge is 2.52. The maximum absolute atomic E-state index is 8.95. The Balaban J connectivity index is 2.30. The zero-order valence-electron chi connectivity index (χ0n) is 10.8. The second-order valence-electron chi connectivity index (χ2n) is 5.32. The molecule has 0 N–H and O–H groups in total. The summed E-state index contributed by atoms with van der Waals surface area (Å²) in [5, 5.41) is 8.95. The van der Waals surface area contributed by atoms with Gasteiger partial charge in [-0.3, -0.25) is 0 Å². The molecule has 0 unspecified atom stereocenters. The van der Waals surface area contributed by atoms with Crippen molar-refractivity contribution in [1.82, 2.24) is 0 Å². The minimum absolute atomic E-state index is 0.331. The SMILES string of the molecule is Cc1sc(B2OC(C)(C)C(C)(C)O2)cc1C#N. The fourth-order valence-electron chi connectivity index (χ4n) is 1.69. The summed E-state index contributed by atoms with van der Waals surface area (Å²) in [5.41, 5.74) is 0.0461. The third-order valence-electron chi connectivity index (χ3n) is 3.54. The maximum atomic E-state index is 8.95. The van der Waals surface area contributed by atoms with Gasteiger partial charge in [0.15, 0.2) is 0 Å². The molecule has 17 heavy (non-hydrogen) atoms. The van der Waals surface area contributed by atoms with Crippen molar-refractivity contribution < 1.29 is 9.31 Å². The summed E-state index contributed by atoms with van der Waals surface area (Å²) in [6.07, 6.45) is 0. The predicted molar refractivity (Wildman–Crippen MR) is 69.5 cm³/mol.